The van der Waals surface area contributed by atoms with E-state index in [1.54, 1.807) is 0 Å². The number of benzene rings is 3. The fraction of sp³-hybridized carbons (Fsp3) is 0.333. The van der Waals surface area contributed by atoms with Crippen LogP contribution in [-0.4, -0.2) is 37.7 Å². The maximum atomic E-state index is 5.78. The van der Waals surface area contributed by atoms with Crippen molar-refractivity contribution in [3.05, 3.63) is 77.9 Å². The van der Waals surface area contributed by atoms with E-state index in [9.17, 15) is 0 Å². The molecule has 0 radical (unpaired) electrons. The number of hydrogen-bond acceptors (Lipinski definition) is 3. The number of hydrogen-bond donors (Lipinski definition) is 1. The minimum atomic E-state index is 0.245. The molecule has 27 heavy (non-hydrogen) atoms. The Morgan fingerprint density at radius 1 is 0.889 bits per heavy atom. The second-order valence-corrected chi connectivity index (χ2v) is 7.15. The molecule has 1 unspecified atom stereocenters. The molecule has 1 N–H and O–H groups in total. The van der Waals surface area contributed by atoms with E-state index in [1.807, 2.05) is 6.92 Å². The van der Waals surface area contributed by atoms with Gasteiger partial charge in [-0.25, -0.2) is 0 Å². The third-order valence-electron chi connectivity index (χ3n) is 5.31. The second-order valence-electron chi connectivity index (χ2n) is 7.15. The van der Waals surface area contributed by atoms with Gasteiger partial charge in [0.2, 0.25) is 0 Å². The Kier molecular flexibility index (Phi) is 5.71. The summed E-state index contributed by atoms with van der Waals surface area (Å²) in [7, 11) is 0. The van der Waals surface area contributed by atoms with Gasteiger partial charge >= 0.3 is 0 Å². The van der Waals surface area contributed by atoms with E-state index in [-0.39, 0.29) is 6.04 Å². The van der Waals surface area contributed by atoms with Crippen molar-refractivity contribution in [2.45, 2.75) is 19.4 Å². The first-order valence-corrected chi connectivity index (χ1v) is 10.0. The second kappa shape index (κ2) is 8.55. The molecule has 1 heterocycles. The Hall–Kier alpha value is -2.36. The van der Waals surface area contributed by atoms with Crippen LogP contribution in [0.25, 0.3) is 10.8 Å². The van der Waals surface area contributed by atoms with Crippen molar-refractivity contribution in [3.63, 3.8) is 0 Å². The normalized spacial score (nSPS) is 16.8. The topological polar surface area (TPSA) is 24.5 Å². The Bertz CT molecular complexity index is 884. The van der Waals surface area contributed by atoms with Gasteiger partial charge in [-0.2, -0.15) is 0 Å². The van der Waals surface area contributed by atoms with E-state index in [0.717, 1.165) is 31.9 Å². The lowest BCUT2D eigenvalue weighted by atomic mass is 9.94. The first kappa shape index (κ1) is 18.0. The molecule has 1 fully saturated rings. The lowest BCUT2D eigenvalue weighted by Crippen LogP contribution is -2.33. The van der Waals surface area contributed by atoms with Gasteiger partial charge in [0.1, 0.15) is 5.75 Å². The fourth-order valence-corrected chi connectivity index (χ4v) is 4.06. The first-order chi connectivity index (χ1) is 13.3. The van der Waals surface area contributed by atoms with Gasteiger partial charge in [-0.1, -0.05) is 48.5 Å². The number of nitrogens with one attached hydrogen (secondary N) is 1. The van der Waals surface area contributed by atoms with Crippen LogP contribution in [0.3, 0.4) is 0 Å². The molecule has 3 aromatic rings. The molecule has 0 aromatic heterocycles. The van der Waals surface area contributed by atoms with Gasteiger partial charge in [0, 0.05) is 19.6 Å². The van der Waals surface area contributed by atoms with Crippen molar-refractivity contribution in [1.29, 1.82) is 0 Å². The molecule has 0 saturated carbocycles. The minimum absolute atomic E-state index is 0.245. The Morgan fingerprint density at radius 2 is 1.74 bits per heavy atom. The third kappa shape index (κ3) is 4.15. The lowest BCUT2D eigenvalue weighted by Gasteiger charge is -2.31. The maximum Gasteiger partial charge on any atom is 0.119 e. The highest BCUT2D eigenvalue weighted by Crippen LogP contribution is 2.33. The van der Waals surface area contributed by atoms with Gasteiger partial charge in [-0.15, -0.1) is 0 Å². The molecular formula is C24H28N2O. The molecule has 0 bridgehead atoms. The summed E-state index contributed by atoms with van der Waals surface area (Å²) in [5, 5.41) is 6.12. The zero-order valence-electron chi connectivity index (χ0n) is 16.0. The number of rotatable bonds is 5. The van der Waals surface area contributed by atoms with Gasteiger partial charge in [-0.3, -0.25) is 4.90 Å². The van der Waals surface area contributed by atoms with Crippen LogP contribution in [0, 0.1) is 0 Å². The summed E-state index contributed by atoms with van der Waals surface area (Å²) in [5.41, 5.74) is 2.65. The SMILES string of the molecule is CCOc1cccc(C(c2ccc3ccccc3c2)N2CCCNCC2)c1. The van der Waals surface area contributed by atoms with Gasteiger partial charge in [0.15, 0.2) is 0 Å². The van der Waals surface area contributed by atoms with Crippen LogP contribution in [0.15, 0.2) is 66.7 Å². The van der Waals surface area contributed by atoms with Crippen LogP contribution in [0.1, 0.15) is 30.5 Å². The summed E-state index contributed by atoms with van der Waals surface area (Å²) in [4.78, 5) is 2.61. The molecule has 1 aliphatic rings. The fourth-order valence-electron chi connectivity index (χ4n) is 4.06. The van der Waals surface area contributed by atoms with Crippen molar-refractivity contribution >= 4 is 10.8 Å². The Labute approximate surface area is 162 Å². The zero-order chi connectivity index (χ0) is 18.5. The largest absolute Gasteiger partial charge is 0.494 e. The maximum absolute atomic E-state index is 5.78. The van der Waals surface area contributed by atoms with Crippen molar-refractivity contribution in [3.8, 4) is 5.75 Å². The van der Waals surface area contributed by atoms with E-state index < -0.39 is 0 Å². The first-order valence-electron chi connectivity index (χ1n) is 10.0. The molecule has 0 aliphatic carbocycles. The molecule has 3 heteroatoms. The van der Waals surface area contributed by atoms with Crippen molar-refractivity contribution in [2.24, 2.45) is 0 Å². The summed E-state index contributed by atoms with van der Waals surface area (Å²) < 4.78 is 5.78. The van der Waals surface area contributed by atoms with E-state index in [2.05, 4.69) is 76.9 Å². The summed E-state index contributed by atoms with van der Waals surface area (Å²) in [6, 6.07) is 24.4. The molecule has 0 amide bonds. The molecule has 3 aromatic carbocycles. The standard InChI is InChI=1S/C24H28N2O/c1-2-27-23-10-5-9-21(18-23)24(26-15-6-13-25-14-16-26)22-12-11-19-7-3-4-8-20(19)17-22/h3-5,7-12,17-18,24-25H,2,6,13-16H2,1H3. The third-order valence-corrected chi connectivity index (χ3v) is 5.31. The van der Waals surface area contributed by atoms with Crippen LogP contribution in [0.5, 0.6) is 5.75 Å². The highest BCUT2D eigenvalue weighted by atomic mass is 16.5. The summed E-state index contributed by atoms with van der Waals surface area (Å²) in [6.07, 6.45) is 1.18. The minimum Gasteiger partial charge on any atom is -0.494 e. The molecule has 140 valence electrons. The van der Waals surface area contributed by atoms with Crippen molar-refractivity contribution < 1.29 is 4.74 Å². The number of ether oxygens (including phenoxy) is 1. The lowest BCUT2D eigenvalue weighted by molar-refractivity contribution is 0.240. The predicted octanol–water partition coefficient (Wildman–Crippen LogP) is 4.62. The highest BCUT2D eigenvalue weighted by molar-refractivity contribution is 5.83. The van der Waals surface area contributed by atoms with Crippen LogP contribution in [0.4, 0.5) is 0 Å². The van der Waals surface area contributed by atoms with Crippen LogP contribution in [-0.2, 0) is 0 Å². The van der Waals surface area contributed by atoms with Gasteiger partial charge in [-0.05, 0) is 60.0 Å². The molecule has 3 nitrogen and oxygen atoms in total. The average molecular weight is 361 g/mol. The van der Waals surface area contributed by atoms with Crippen molar-refractivity contribution in [2.75, 3.05) is 32.8 Å². The quantitative estimate of drug-likeness (QED) is 0.718. The monoisotopic (exact) mass is 360 g/mol. The van der Waals surface area contributed by atoms with Gasteiger partial charge in [0.05, 0.1) is 12.6 Å². The Morgan fingerprint density at radius 3 is 2.63 bits per heavy atom. The summed E-state index contributed by atoms with van der Waals surface area (Å²) in [6.45, 7) is 7.01. The van der Waals surface area contributed by atoms with E-state index in [4.69, 9.17) is 4.74 Å². The molecular weight excluding hydrogens is 332 g/mol. The summed E-state index contributed by atoms with van der Waals surface area (Å²) >= 11 is 0. The highest BCUT2D eigenvalue weighted by Gasteiger charge is 2.24. The van der Waals surface area contributed by atoms with Gasteiger partial charge in [0.25, 0.3) is 0 Å². The number of nitrogens with zero attached hydrogens (tertiary/aromatic N) is 1. The average Bonchev–Trinajstić information content (AvgIpc) is 2.98. The molecule has 4 rings (SSSR count). The molecule has 1 saturated heterocycles. The van der Waals surface area contributed by atoms with E-state index in [0.29, 0.717) is 6.61 Å². The summed E-state index contributed by atoms with van der Waals surface area (Å²) in [5.74, 6) is 0.953. The Balaban J connectivity index is 1.77. The zero-order valence-corrected chi connectivity index (χ0v) is 16.0. The molecule has 1 aliphatic heterocycles. The van der Waals surface area contributed by atoms with Crippen LogP contribution < -0.4 is 10.1 Å². The van der Waals surface area contributed by atoms with E-state index in [1.165, 1.54) is 28.3 Å². The predicted molar refractivity (Wildman–Crippen MR) is 112 cm³/mol. The van der Waals surface area contributed by atoms with Gasteiger partial charge < -0.3 is 10.1 Å². The van der Waals surface area contributed by atoms with Crippen molar-refractivity contribution in [1.82, 2.24) is 10.2 Å². The van der Waals surface area contributed by atoms with Crippen LogP contribution in [0.2, 0.25) is 0 Å². The number of fused-ring (bicyclic) bond motifs is 1. The molecule has 0 spiro atoms. The molecule has 1 atom stereocenters. The van der Waals surface area contributed by atoms with E-state index >= 15 is 0 Å². The van der Waals surface area contributed by atoms with Crippen LogP contribution >= 0.6 is 0 Å². The smallest absolute Gasteiger partial charge is 0.119 e.